The quantitative estimate of drug-likeness (QED) is 0.488. The molecule has 0 unspecified atom stereocenters. The molecular formula is C25H20N2O4. The van der Waals surface area contributed by atoms with Crippen LogP contribution in [0.25, 0.3) is 22.2 Å². The maximum Gasteiger partial charge on any atom is 0.275 e. The van der Waals surface area contributed by atoms with Crippen LogP contribution in [-0.2, 0) is 11.4 Å². The molecule has 0 aliphatic carbocycles. The maximum atomic E-state index is 13.0. The van der Waals surface area contributed by atoms with Crippen molar-refractivity contribution < 1.29 is 19.1 Å². The predicted octanol–water partition coefficient (Wildman–Crippen LogP) is 4.53. The summed E-state index contributed by atoms with van der Waals surface area (Å²) < 4.78 is 11.3. The monoisotopic (exact) mass is 412 g/mol. The average Bonchev–Trinajstić information content (AvgIpc) is 2.83. The first-order chi connectivity index (χ1) is 15.3. The van der Waals surface area contributed by atoms with Gasteiger partial charge in [-0.1, -0.05) is 48.5 Å². The van der Waals surface area contributed by atoms with Gasteiger partial charge in [0.2, 0.25) is 0 Å². The number of hydrogen-bond acceptors (Lipinski definition) is 5. The molecule has 1 N–H and O–H groups in total. The molecule has 0 spiro atoms. The highest BCUT2D eigenvalue weighted by atomic mass is 16.6. The highest BCUT2D eigenvalue weighted by Gasteiger charge is 2.17. The van der Waals surface area contributed by atoms with Gasteiger partial charge in [-0.25, -0.2) is 10.5 Å². The van der Waals surface area contributed by atoms with Crippen LogP contribution in [0.4, 0.5) is 0 Å². The Hall–Kier alpha value is -3.90. The van der Waals surface area contributed by atoms with Gasteiger partial charge in [0.15, 0.2) is 11.5 Å². The number of amides is 1. The summed E-state index contributed by atoms with van der Waals surface area (Å²) in [5.74, 6) is 1.06. The summed E-state index contributed by atoms with van der Waals surface area (Å²) in [6.07, 6.45) is 0. The molecule has 6 nitrogen and oxygen atoms in total. The molecule has 31 heavy (non-hydrogen) atoms. The van der Waals surface area contributed by atoms with Crippen molar-refractivity contribution in [1.82, 2.24) is 10.5 Å². The first kappa shape index (κ1) is 19.1. The number of carbonyl (C=O) groups is 1. The van der Waals surface area contributed by atoms with Crippen molar-refractivity contribution >= 4 is 16.8 Å². The van der Waals surface area contributed by atoms with Gasteiger partial charge in [-0.05, 0) is 35.9 Å². The maximum absolute atomic E-state index is 13.0. The molecule has 3 aromatic carbocycles. The molecule has 5 rings (SSSR count). The van der Waals surface area contributed by atoms with Gasteiger partial charge in [0.25, 0.3) is 5.91 Å². The van der Waals surface area contributed by atoms with Crippen LogP contribution in [0.5, 0.6) is 11.5 Å². The molecule has 1 aliphatic rings. The number of hydroxylamine groups is 1. The summed E-state index contributed by atoms with van der Waals surface area (Å²) in [5, 5.41) is 0.754. The highest BCUT2D eigenvalue weighted by Crippen LogP contribution is 2.35. The third-order valence-corrected chi connectivity index (χ3v) is 5.05. The molecule has 0 radical (unpaired) electrons. The molecule has 154 valence electrons. The fourth-order valence-corrected chi connectivity index (χ4v) is 3.53. The topological polar surface area (TPSA) is 69.7 Å². The number of benzene rings is 3. The van der Waals surface area contributed by atoms with Crippen LogP contribution in [-0.4, -0.2) is 24.1 Å². The van der Waals surface area contributed by atoms with Gasteiger partial charge in [-0.2, -0.15) is 0 Å². The van der Waals surface area contributed by atoms with Crippen molar-refractivity contribution in [2.24, 2.45) is 0 Å². The Morgan fingerprint density at radius 3 is 2.55 bits per heavy atom. The zero-order chi connectivity index (χ0) is 21.0. The van der Waals surface area contributed by atoms with Gasteiger partial charge in [0, 0.05) is 10.9 Å². The van der Waals surface area contributed by atoms with Gasteiger partial charge in [-0.3, -0.25) is 9.63 Å². The van der Waals surface area contributed by atoms with Gasteiger partial charge >= 0.3 is 0 Å². The number of nitrogens with zero attached hydrogens (tertiary/aromatic N) is 1. The molecule has 0 saturated carbocycles. The minimum atomic E-state index is -0.326. The second kappa shape index (κ2) is 8.45. The van der Waals surface area contributed by atoms with E-state index in [1.54, 1.807) is 6.07 Å². The number of pyridine rings is 1. The third kappa shape index (κ3) is 4.06. The van der Waals surface area contributed by atoms with Crippen molar-refractivity contribution in [3.05, 3.63) is 90.0 Å². The minimum Gasteiger partial charge on any atom is -0.486 e. The Morgan fingerprint density at radius 2 is 1.68 bits per heavy atom. The Labute approximate surface area is 179 Å². The summed E-state index contributed by atoms with van der Waals surface area (Å²) in [4.78, 5) is 23.2. The van der Waals surface area contributed by atoms with E-state index in [1.807, 2.05) is 72.8 Å². The largest absolute Gasteiger partial charge is 0.486 e. The summed E-state index contributed by atoms with van der Waals surface area (Å²) >= 11 is 0. The smallest absolute Gasteiger partial charge is 0.275 e. The van der Waals surface area contributed by atoms with Gasteiger partial charge < -0.3 is 9.47 Å². The van der Waals surface area contributed by atoms with Crippen LogP contribution < -0.4 is 15.0 Å². The van der Waals surface area contributed by atoms with E-state index in [0.29, 0.717) is 36.0 Å². The number of para-hydroxylation sites is 1. The number of fused-ring (bicyclic) bond motifs is 2. The van der Waals surface area contributed by atoms with E-state index in [2.05, 4.69) is 5.48 Å². The van der Waals surface area contributed by atoms with Gasteiger partial charge in [0.05, 0.1) is 23.4 Å². The molecule has 0 saturated heterocycles. The van der Waals surface area contributed by atoms with E-state index in [-0.39, 0.29) is 12.5 Å². The van der Waals surface area contributed by atoms with Crippen LogP contribution in [0.2, 0.25) is 0 Å². The van der Waals surface area contributed by atoms with Crippen LogP contribution >= 0.6 is 0 Å². The standard InChI is InChI=1S/C25H20N2O4/c28-25(27-31-16-17-6-2-1-3-7-17)20-15-22(26-21-9-5-4-8-19(20)21)18-10-11-23-24(14-18)30-13-12-29-23/h1-11,14-15H,12-13,16H2,(H,27,28). The zero-order valence-electron chi connectivity index (χ0n) is 16.7. The fraction of sp³-hybridized carbons (Fsp3) is 0.120. The molecule has 0 bridgehead atoms. The van der Waals surface area contributed by atoms with Crippen LogP contribution in [0.3, 0.4) is 0 Å². The number of carbonyl (C=O) groups excluding carboxylic acids is 1. The normalized spacial score (nSPS) is 12.5. The highest BCUT2D eigenvalue weighted by molar-refractivity contribution is 6.06. The van der Waals surface area contributed by atoms with Crippen LogP contribution in [0.1, 0.15) is 15.9 Å². The van der Waals surface area contributed by atoms with Gasteiger partial charge in [0.1, 0.15) is 13.2 Å². The van der Waals surface area contributed by atoms with Crippen molar-refractivity contribution in [2.75, 3.05) is 13.2 Å². The molecule has 1 aliphatic heterocycles. The van der Waals surface area contributed by atoms with E-state index in [9.17, 15) is 4.79 Å². The third-order valence-electron chi connectivity index (χ3n) is 5.05. The van der Waals surface area contributed by atoms with Crippen molar-refractivity contribution in [3.63, 3.8) is 0 Å². The number of nitrogens with one attached hydrogen (secondary N) is 1. The van der Waals surface area contributed by atoms with Crippen LogP contribution in [0, 0.1) is 0 Å². The van der Waals surface area contributed by atoms with Crippen molar-refractivity contribution in [1.29, 1.82) is 0 Å². The van der Waals surface area contributed by atoms with E-state index in [1.165, 1.54) is 0 Å². The lowest BCUT2D eigenvalue weighted by Gasteiger charge is -2.19. The lowest BCUT2D eigenvalue weighted by Crippen LogP contribution is -2.24. The average molecular weight is 412 g/mol. The van der Waals surface area contributed by atoms with E-state index < -0.39 is 0 Å². The lowest BCUT2D eigenvalue weighted by molar-refractivity contribution is 0.0235. The van der Waals surface area contributed by atoms with Crippen molar-refractivity contribution in [3.8, 4) is 22.8 Å². The number of hydrogen-bond donors (Lipinski definition) is 1. The molecule has 1 amide bonds. The Bertz CT molecular complexity index is 1240. The summed E-state index contributed by atoms with van der Waals surface area (Å²) in [6, 6.07) is 24.7. The summed E-state index contributed by atoms with van der Waals surface area (Å²) in [6.45, 7) is 1.33. The van der Waals surface area contributed by atoms with Crippen LogP contribution in [0.15, 0.2) is 78.9 Å². The molecule has 6 heteroatoms. The van der Waals surface area contributed by atoms with E-state index >= 15 is 0 Å². The summed E-state index contributed by atoms with van der Waals surface area (Å²) in [7, 11) is 0. The lowest BCUT2D eigenvalue weighted by atomic mass is 10.0. The molecular weight excluding hydrogens is 392 g/mol. The van der Waals surface area contributed by atoms with Crippen molar-refractivity contribution in [2.45, 2.75) is 6.61 Å². The molecule has 1 aromatic heterocycles. The molecule has 0 fully saturated rings. The van der Waals surface area contributed by atoms with E-state index in [0.717, 1.165) is 22.0 Å². The van der Waals surface area contributed by atoms with E-state index in [4.69, 9.17) is 19.3 Å². The Kier molecular flexibility index (Phi) is 5.21. The minimum absolute atomic E-state index is 0.282. The number of aromatic nitrogens is 1. The SMILES string of the molecule is O=C(NOCc1ccccc1)c1cc(-c2ccc3c(c2)OCCO3)nc2ccccc12. The predicted molar refractivity (Wildman–Crippen MR) is 117 cm³/mol. The Morgan fingerprint density at radius 1 is 0.903 bits per heavy atom. The first-order valence-electron chi connectivity index (χ1n) is 10.0. The molecule has 2 heterocycles. The zero-order valence-corrected chi connectivity index (χ0v) is 16.7. The fourth-order valence-electron chi connectivity index (χ4n) is 3.53. The second-order valence-electron chi connectivity index (χ2n) is 7.14. The summed E-state index contributed by atoms with van der Waals surface area (Å²) in [5.41, 5.74) is 6.26. The molecule has 4 aromatic rings. The van der Waals surface area contributed by atoms with Gasteiger partial charge in [-0.15, -0.1) is 0 Å². The number of ether oxygens (including phenoxy) is 2. The molecule has 0 atom stereocenters. The Balaban J connectivity index is 1.45. The number of rotatable bonds is 5. The first-order valence-corrected chi connectivity index (χ1v) is 10.0. The second-order valence-corrected chi connectivity index (χ2v) is 7.14.